The molecule has 74 valence electrons. The molecule has 2 aromatic heterocycles. The van der Waals surface area contributed by atoms with Crippen LogP contribution in [0.15, 0.2) is 21.2 Å². The van der Waals surface area contributed by atoms with E-state index in [1.54, 1.807) is 11.3 Å². The number of hydrogen-bond donors (Lipinski definition) is 1. The normalized spacial score (nSPS) is 10.8. The molecule has 0 radical (unpaired) electrons. The van der Waals surface area contributed by atoms with Gasteiger partial charge < -0.3 is 10.2 Å². The fourth-order valence-corrected chi connectivity index (χ4v) is 2.70. The van der Waals surface area contributed by atoms with Gasteiger partial charge in [-0.05, 0) is 35.0 Å². The highest BCUT2D eigenvalue weighted by molar-refractivity contribution is 9.10. The van der Waals surface area contributed by atoms with Crippen molar-refractivity contribution in [3.05, 3.63) is 27.5 Å². The number of nitrogens with zero attached hydrogens (tertiary/aromatic N) is 1. The minimum Gasteiger partial charge on any atom is -0.460 e. The zero-order valence-electron chi connectivity index (χ0n) is 7.58. The first-order chi connectivity index (χ1) is 6.70. The van der Waals surface area contributed by atoms with Gasteiger partial charge in [-0.3, -0.25) is 0 Å². The fraction of sp³-hybridized carbons (Fsp3) is 0.222. The van der Waals surface area contributed by atoms with Gasteiger partial charge in [0.05, 0.1) is 0 Å². The summed E-state index contributed by atoms with van der Waals surface area (Å²) in [5.74, 6) is 1.74. The van der Waals surface area contributed by atoms with E-state index in [2.05, 4.69) is 20.9 Å². The highest BCUT2D eigenvalue weighted by Gasteiger charge is 2.12. The monoisotopic (exact) mass is 272 g/mol. The Morgan fingerprint density at radius 3 is 2.86 bits per heavy atom. The lowest BCUT2D eigenvalue weighted by Gasteiger charge is -1.89. The van der Waals surface area contributed by atoms with E-state index in [0.717, 1.165) is 26.0 Å². The molecule has 0 aliphatic rings. The average molecular weight is 273 g/mol. The van der Waals surface area contributed by atoms with E-state index < -0.39 is 0 Å². The Balaban J connectivity index is 2.45. The predicted octanol–water partition coefficient (Wildman–Crippen LogP) is 2.93. The maximum atomic E-state index is 5.51. The fourth-order valence-electron chi connectivity index (χ4n) is 1.14. The molecular weight excluding hydrogens is 264 g/mol. The van der Waals surface area contributed by atoms with E-state index in [0.29, 0.717) is 6.54 Å². The second-order valence-electron chi connectivity index (χ2n) is 2.84. The Morgan fingerprint density at radius 2 is 2.36 bits per heavy atom. The third-order valence-corrected chi connectivity index (χ3v) is 3.70. The van der Waals surface area contributed by atoms with Crippen LogP contribution < -0.4 is 5.73 Å². The number of furan rings is 1. The van der Waals surface area contributed by atoms with Crippen molar-refractivity contribution in [2.75, 3.05) is 0 Å². The molecule has 2 N–H and O–H groups in total. The molecule has 14 heavy (non-hydrogen) atoms. The largest absolute Gasteiger partial charge is 0.460 e. The molecule has 0 aliphatic heterocycles. The van der Waals surface area contributed by atoms with Crippen molar-refractivity contribution in [3.8, 4) is 10.6 Å². The Labute approximate surface area is 94.1 Å². The molecule has 0 atom stereocenters. The second kappa shape index (κ2) is 3.84. The minimum absolute atomic E-state index is 0.461. The van der Waals surface area contributed by atoms with E-state index in [4.69, 9.17) is 10.2 Å². The number of nitrogens with two attached hydrogens (primary N) is 1. The molecule has 0 spiro atoms. The molecule has 0 fully saturated rings. The smallest absolute Gasteiger partial charge is 0.147 e. The Bertz CT molecular complexity index is 449. The van der Waals surface area contributed by atoms with Crippen LogP contribution in [0.5, 0.6) is 0 Å². The van der Waals surface area contributed by atoms with E-state index in [1.807, 2.05) is 19.1 Å². The first-order valence-electron chi connectivity index (χ1n) is 4.13. The van der Waals surface area contributed by atoms with Crippen molar-refractivity contribution >= 4 is 27.3 Å². The molecule has 2 aromatic rings. The lowest BCUT2D eigenvalue weighted by Crippen LogP contribution is -1.93. The third-order valence-electron chi connectivity index (χ3n) is 1.77. The molecule has 0 aromatic carbocycles. The summed E-state index contributed by atoms with van der Waals surface area (Å²) in [6.45, 7) is 2.38. The highest BCUT2D eigenvalue weighted by atomic mass is 79.9. The zero-order chi connectivity index (χ0) is 10.1. The Kier molecular flexibility index (Phi) is 2.71. The molecule has 0 saturated carbocycles. The van der Waals surface area contributed by atoms with Crippen LogP contribution in [0.25, 0.3) is 10.6 Å². The summed E-state index contributed by atoms with van der Waals surface area (Å²) in [6.07, 6.45) is 0. The molecule has 0 unspecified atom stereocenters. The standard InChI is InChI=1S/C9H9BrN2OS/c1-5-2-3-6(13-5)8-9(10)12-7(4-11)14-8/h2-3H,4,11H2,1H3. The molecule has 0 saturated heterocycles. The molecule has 2 rings (SSSR count). The van der Waals surface area contributed by atoms with Crippen LogP contribution in [0.2, 0.25) is 0 Å². The van der Waals surface area contributed by atoms with Crippen molar-refractivity contribution in [2.45, 2.75) is 13.5 Å². The highest BCUT2D eigenvalue weighted by Crippen LogP contribution is 2.34. The maximum absolute atomic E-state index is 5.51. The first-order valence-corrected chi connectivity index (χ1v) is 5.73. The summed E-state index contributed by atoms with van der Waals surface area (Å²) < 4.78 is 6.31. The van der Waals surface area contributed by atoms with Crippen molar-refractivity contribution < 1.29 is 4.42 Å². The summed E-state index contributed by atoms with van der Waals surface area (Å²) in [7, 11) is 0. The quantitative estimate of drug-likeness (QED) is 0.915. The summed E-state index contributed by atoms with van der Waals surface area (Å²) in [5, 5.41) is 0.904. The Hall–Kier alpha value is -0.650. The van der Waals surface area contributed by atoms with Gasteiger partial charge >= 0.3 is 0 Å². The third kappa shape index (κ3) is 1.75. The number of rotatable bonds is 2. The van der Waals surface area contributed by atoms with Crippen LogP contribution in [-0.4, -0.2) is 4.98 Å². The molecule has 2 heterocycles. The number of thiazole rings is 1. The summed E-state index contributed by atoms with van der Waals surface area (Å²) in [5.41, 5.74) is 5.51. The van der Waals surface area contributed by atoms with Crippen LogP contribution in [-0.2, 0) is 6.54 Å². The van der Waals surface area contributed by atoms with Gasteiger partial charge in [0.25, 0.3) is 0 Å². The minimum atomic E-state index is 0.461. The molecule has 0 amide bonds. The molecule has 3 nitrogen and oxygen atoms in total. The van der Waals surface area contributed by atoms with Gasteiger partial charge in [0.15, 0.2) is 0 Å². The predicted molar refractivity (Wildman–Crippen MR) is 60.1 cm³/mol. The van der Waals surface area contributed by atoms with E-state index in [9.17, 15) is 0 Å². The van der Waals surface area contributed by atoms with Crippen LogP contribution in [0.4, 0.5) is 0 Å². The van der Waals surface area contributed by atoms with E-state index in [-0.39, 0.29) is 0 Å². The van der Waals surface area contributed by atoms with Crippen molar-refractivity contribution in [1.82, 2.24) is 4.98 Å². The van der Waals surface area contributed by atoms with Gasteiger partial charge in [-0.15, -0.1) is 11.3 Å². The van der Waals surface area contributed by atoms with Gasteiger partial charge in [0, 0.05) is 6.54 Å². The van der Waals surface area contributed by atoms with Crippen LogP contribution >= 0.6 is 27.3 Å². The zero-order valence-corrected chi connectivity index (χ0v) is 9.98. The second-order valence-corrected chi connectivity index (χ2v) is 4.68. The lowest BCUT2D eigenvalue weighted by atomic mass is 10.4. The van der Waals surface area contributed by atoms with Gasteiger partial charge in [-0.2, -0.15) is 0 Å². The van der Waals surface area contributed by atoms with Gasteiger partial charge in [0.2, 0.25) is 0 Å². The van der Waals surface area contributed by atoms with Crippen molar-refractivity contribution in [3.63, 3.8) is 0 Å². The molecule has 5 heteroatoms. The van der Waals surface area contributed by atoms with Crippen LogP contribution in [0.3, 0.4) is 0 Å². The van der Waals surface area contributed by atoms with Crippen molar-refractivity contribution in [2.24, 2.45) is 5.73 Å². The molecular formula is C9H9BrN2OS. The summed E-state index contributed by atoms with van der Waals surface area (Å²) in [6, 6.07) is 3.87. The SMILES string of the molecule is Cc1ccc(-c2sc(CN)nc2Br)o1. The topological polar surface area (TPSA) is 52.0 Å². The summed E-state index contributed by atoms with van der Waals surface area (Å²) in [4.78, 5) is 5.26. The number of hydrogen-bond acceptors (Lipinski definition) is 4. The van der Waals surface area contributed by atoms with Crippen molar-refractivity contribution in [1.29, 1.82) is 0 Å². The first kappa shape index (κ1) is 9.89. The number of aromatic nitrogens is 1. The lowest BCUT2D eigenvalue weighted by molar-refractivity contribution is 0.549. The number of aryl methyl sites for hydroxylation is 1. The van der Waals surface area contributed by atoms with E-state index in [1.165, 1.54) is 0 Å². The molecule has 0 aliphatic carbocycles. The summed E-state index contributed by atoms with van der Waals surface area (Å²) >= 11 is 4.94. The Morgan fingerprint density at radius 1 is 1.57 bits per heavy atom. The number of halogens is 1. The van der Waals surface area contributed by atoms with Crippen LogP contribution in [0, 0.1) is 6.92 Å². The average Bonchev–Trinajstić information content (AvgIpc) is 2.71. The van der Waals surface area contributed by atoms with Gasteiger partial charge in [-0.25, -0.2) is 4.98 Å². The van der Waals surface area contributed by atoms with Gasteiger partial charge in [0.1, 0.15) is 26.0 Å². The van der Waals surface area contributed by atoms with E-state index >= 15 is 0 Å². The molecule has 0 bridgehead atoms. The van der Waals surface area contributed by atoms with Crippen LogP contribution in [0.1, 0.15) is 10.8 Å². The van der Waals surface area contributed by atoms with Gasteiger partial charge in [-0.1, -0.05) is 0 Å². The maximum Gasteiger partial charge on any atom is 0.147 e.